The second-order valence-corrected chi connectivity index (χ2v) is 5.85. The number of carbonyl (C=O) groups is 2. The van der Waals surface area contributed by atoms with Crippen molar-refractivity contribution < 1.29 is 14.7 Å². The lowest BCUT2D eigenvalue weighted by molar-refractivity contribution is -0.145. The number of rotatable bonds is 6. The minimum atomic E-state index is -0.914. The van der Waals surface area contributed by atoms with E-state index in [-0.39, 0.29) is 18.4 Å². The fourth-order valence-corrected chi connectivity index (χ4v) is 2.61. The molecule has 0 radical (unpaired) electrons. The van der Waals surface area contributed by atoms with Crippen LogP contribution in [0.1, 0.15) is 33.1 Å². The summed E-state index contributed by atoms with van der Waals surface area (Å²) in [7, 11) is 0. The molecule has 2 rings (SSSR count). The van der Waals surface area contributed by atoms with Gasteiger partial charge in [-0.2, -0.15) is 0 Å². The summed E-state index contributed by atoms with van der Waals surface area (Å²) in [6, 6.07) is 0. The normalized spacial score (nSPS) is 27.0. The summed E-state index contributed by atoms with van der Waals surface area (Å²) in [5.74, 6) is 0.915. The maximum atomic E-state index is 12.2. The molecule has 2 fully saturated rings. The zero-order chi connectivity index (χ0) is 12.6. The van der Waals surface area contributed by atoms with Crippen LogP contribution < -0.4 is 0 Å². The van der Waals surface area contributed by atoms with Crippen molar-refractivity contribution in [1.82, 2.24) is 4.90 Å². The Morgan fingerprint density at radius 1 is 1.35 bits per heavy atom. The Balaban J connectivity index is 1.89. The first kappa shape index (κ1) is 12.4. The number of carboxylic acids is 1. The minimum absolute atomic E-state index is 0.0676. The van der Waals surface area contributed by atoms with Crippen LogP contribution in [0.15, 0.2) is 0 Å². The van der Waals surface area contributed by atoms with Gasteiger partial charge in [0.05, 0.1) is 0 Å². The highest BCUT2D eigenvalue weighted by molar-refractivity contribution is 5.85. The molecule has 0 aliphatic heterocycles. The van der Waals surface area contributed by atoms with Gasteiger partial charge in [0, 0.05) is 12.5 Å². The third-order valence-electron chi connectivity index (χ3n) is 3.61. The molecule has 4 heteroatoms. The van der Waals surface area contributed by atoms with Crippen LogP contribution >= 0.6 is 0 Å². The summed E-state index contributed by atoms with van der Waals surface area (Å²) in [4.78, 5) is 24.5. The number of carboxylic acid groups (broad SMARTS) is 1. The highest BCUT2D eigenvalue weighted by Crippen LogP contribution is 2.54. The monoisotopic (exact) mass is 239 g/mol. The van der Waals surface area contributed by atoms with Gasteiger partial charge in [-0.3, -0.25) is 9.59 Å². The van der Waals surface area contributed by atoms with E-state index in [9.17, 15) is 9.59 Å². The lowest BCUT2D eigenvalue weighted by atomic mass is 10.1. The molecule has 0 aromatic rings. The molecule has 17 heavy (non-hydrogen) atoms. The molecule has 4 nitrogen and oxygen atoms in total. The first-order chi connectivity index (χ1) is 7.99. The quantitative estimate of drug-likeness (QED) is 0.766. The number of amides is 1. The number of nitrogens with zero attached hydrogens (tertiary/aromatic N) is 1. The summed E-state index contributed by atoms with van der Waals surface area (Å²) >= 11 is 0. The molecule has 0 aromatic heterocycles. The summed E-state index contributed by atoms with van der Waals surface area (Å²) < 4.78 is 0. The third kappa shape index (κ3) is 3.20. The Bertz CT molecular complexity index is 323. The van der Waals surface area contributed by atoms with Gasteiger partial charge in [-0.05, 0) is 37.0 Å². The minimum Gasteiger partial charge on any atom is -0.480 e. The van der Waals surface area contributed by atoms with E-state index >= 15 is 0 Å². The molecule has 0 spiro atoms. The highest BCUT2D eigenvalue weighted by atomic mass is 16.4. The fraction of sp³-hybridized carbons (Fsp3) is 0.846. The van der Waals surface area contributed by atoms with E-state index in [1.807, 2.05) is 13.8 Å². The van der Waals surface area contributed by atoms with E-state index in [0.29, 0.717) is 18.4 Å². The van der Waals surface area contributed by atoms with E-state index < -0.39 is 5.97 Å². The van der Waals surface area contributed by atoms with Gasteiger partial charge < -0.3 is 10.0 Å². The molecule has 0 bridgehead atoms. The smallest absolute Gasteiger partial charge is 0.323 e. The zero-order valence-corrected chi connectivity index (χ0v) is 10.6. The van der Waals surface area contributed by atoms with Crippen LogP contribution in [-0.2, 0) is 9.59 Å². The van der Waals surface area contributed by atoms with Gasteiger partial charge in [0.25, 0.3) is 0 Å². The lowest BCUT2D eigenvalue weighted by Gasteiger charge is -2.23. The molecule has 0 heterocycles. The molecule has 2 aliphatic rings. The Hall–Kier alpha value is -1.06. The number of hydrogen-bond acceptors (Lipinski definition) is 2. The number of aliphatic carboxylic acids is 1. The van der Waals surface area contributed by atoms with Gasteiger partial charge in [0.1, 0.15) is 6.54 Å². The highest BCUT2D eigenvalue weighted by Gasteiger charge is 2.52. The molecular weight excluding hydrogens is 218 g/mol. The Labute approximate surface area is 102 Å². The van der Waals surface area contributed by atoms with Crippen molar-refractivity contribution in [2.45, 2.75) is 33.1 Å². The van der Waals surface area contributed by atoms with E-state index in [1.165, 1.54) is 17.7 Å². The van der Waals surface area contributed by atoms with Crippen molar-refractivity contribution in [3.05, 3.63) is 0 Å². The maximum Gasteiger partial charge on any atom is 0.323 e. The molecule has 2 aliphatic carbocycles. The Morgan fingerprint density at radius 2 is 2.00 bits per heavy atom. The summed E-state index contributed by atoms with van der Waals surface area (Å²) in [5, 5.41) is 8.84. The molecule has 2 saturated carbocycles. The topological polar surface area (TPSA) is 57.6 Å². The van der Waals surface area contributed by atoms with Crippen molar-refractivity contribution in [1.29, 1.82) is 0 Å². The van der Waals surface area contributed by atoms with Crippen molar-refractivity contribution in [3.8, 4) is 0 Å². The van der Waals surface area contributed by atoms with Crippen molar-refractivity contribution in [2.24, 2.45) is 23.7 Å². The third-order valence-corrected chi connectivity index (χ3v) is 3.61. The van der Waals surface area contributed by atoms with Crippen molar-refractivity contribution in [3.63, 3.8) is 0 Å². The van der Waals surface area contributed by atoms with Crippen LogP contribution in [0, 0.1) is 23.7 Å². The molecular formula is C13H21NO3. The molecule has 2 atom stereocenters. The molecule has 0 aromatic carbocycles. The van der Waals surface area contributed by atoms with Crippen LogP contribution in [0.4, 0.5) is 0 Å². The van der Waals surface area contributed by atoms with E-state index in [1.54, 1.807) is 0 Å². The second kappa shape index (κ2) is 4.67. The van der Waals surface area contributed by atoms with Gasteiger partial charge in [0.2, 0.25) is 5.91 Å². The largest absolute Gasteiger partial charge is 0.480 e. The Morgan fingerprint density at radius 3 is 2.47 bits per heavy atom. The first-order valence-electron chi connectivity index (χ1n) is 6.49. The first-order valence-corrected chi connectivity index (χ1v) is 6.49. The van der Waals surface area contributed by atoms with Crippen LogP contribution in [0.25, 0.3) is 0 Å². The van der Waals surface area contributed by atoms with Crippen LogP contribution in [0.3, 0.4) is 0 Å². The molecule has 96 valence electrons. The van der Waals surface area contributed by atoms with Gasteiger partial charge in [-0.15, -0.1) is 0 Å². The van der Waals surface area contributed by atoms with Crippen LogP contribution in [-0.4, -0.2) is 35.0 Å². The standard InChI is InChI=1S/C13H21NO3/c1-8(2)6-14(7-12(15)16)13(17)11-5-10(11)9-3-4-9/h8-11H,3-7H2,1-2H3,(H,15,16)/t10-,11-/m0/s1. The number of hydrogen-bond donors (Lipinski definition) is 1. The van der Waals surface area contributed by atoms with Crippen LogP contribution in [0.2, 0.25) is 0 Å². The van der Waals surface area contributed by atoms with Gasteiger partial charge >= 0.3 is 5.97 Å². The van der Waals surface area contributed by atoms with Gasteiger partial charge in [-0.1, -0.05) is 13.8 Å². The molecule has 1 N–H and O–H groups in total. The zero-order valence-electron chi connectivity index (χ0n) is 10.6. The molecule has 1 amide bonds. The van der Waals surface area contributed by atoms with E-state index in [0.717, 1.165) is 12.3 Å². The Kier molecular flexibility index (Phi) is 3.40. The van der Waals surface area contributed by atoms with Crippen LogP contribution in [0.5, 0.6) is 0 Å². The predicted octanol–water partition coefficient (Wildman–Crippen LogP) is 1.60. The summed E-state index contributed by atoms with van der Waals surface area (Å²) in [6.45, 7) is 4.42. The SMILES string of the molecule is CC(C)CN(CC(=O)O)C(=O)[C@H]1C[C@H]1C1CC1. The van der Waals surface area contributed by atoms with E-state index in [4.69, 9.17) is 5.11 Å². The average molecular weight is 239 g/mol. The summed E-state index contributed by atoms with van der Waals surface area (Å²) in [6.07, 6.45) is 3.51. The van der Waals surface area contributed by atoms with Gasteiger partial charge in [-0.25, -0.2) is 0 Å². The fourth-order valence-electron chi connectivity index (χ4n) is 2.61. The van der Waals surface area contributed by atoms with Gasteiger partial charge in [0.15, 0.2) is 0 Å². The average Bonchev–Trinajstić information content (AvgIpc) is 3.04. The lowest BCUT2D eigenvalue weighted by Crippen LogP contribution is -2.39. The second-order valence-electron chi connectivity index (χ2n) is 5.85. The molecule has 0 saturated heterocycles. The maximum absolute atomic E-state index is 12.2. The van der Waals surface area contributed by atoms with E-state index in [2.05, 4.69) is 0 Å². The summed E-state index contributed by atoms with van der Waals surface area (Å²) in [5.41, 5.74) is 0. The number of carbonyl (C=O) groups excluding carboxylic acids is 1. The van der Waals surface area contributed by atoms with Crippen molar-refractivity contribution in [2.75, 3.05) is 13.1 Å². The molecule has 0 unspecified atom stereocenters. The van der Waals surface area contributed by atoms with Crippen molar-refractivity contribution >= 4 is 11.9 Å². The predicted molar refractivity (Wildman–Crippen MR) is 63.4 cm³/mol.